The van der Waals surface area contributed by atoms with Crippen molar-refractivity contribution in [3.05, 3.63) is 71.6 Å². The number of carbonyl (C=O) groups excluding carboxylic acids is 3. The predicted molar refractivity (Wildman–Crippen MR) is 109 cm³/mol. The van der Waals surface area contributed by atoms with E-state index in [2.05, 4.69) is 4.98 Å². The summed E-state index contributed by atoms with van der Waals surface area (Å²) >= 11 is 0. The van der Waals surface area contributed by atoms with Gasteiger partial charge >= 0.3 is 5.97 Å². The van der Waals surface area contributed by atoms with Gasteiger partial charge in [0.15, 0.2) is 18.1 Å². The SMILES string of the molecule is Cc1oc(-c2ccccc2)nc1C(=O)OCC(=O)c1cccc(N2CCCC2=O)c1. The maximum absolute atomic E-state index is 12.5. The van der Waals surface area contributed by atoms with Crippen LogP contribution in [0, 0.1) is 6.92 Å². The molecule has 0 radical (unpaired) electrons. The fourth-order valence-electron chi connectivity index (χ4n) is 3.34. The Hall–Kier alpha value is -3.74. The Morgan fingerprint density at radius 2 is 1.93 bits per heavy atom. The highest BCUT2D eigenvalue weighted by Gasteiger charge is 2.23. The van der Waals surface area contributed by atoms with Crippen molar-refractivity contribution in [1.82, 2.24) is 4.98 Å². The smallest absolute Gasteiger partial charge is 0.361 e. The molecule has 7 nitrogen and oxygen atoms in total. The van der Waals surface area contributed by atoms with Crippen molar-refractivity contribution in [2.45, 2.75) is 19.8 Å². The van der Waals surface area contributed by atoms with Gasteiger partial charge in [0.2, 0.25) is 11.8 Å². The predicted octanol–water partition coefficient (Wildman–Crippen LogP) is 3.82. The van der Waals surface area contributed by atoms with Gasteiger partial charge in [0.25, 0.3) is 0 Å². The first-order chi connectivity index (χ1) is 14.5. The highest BCUT2D eigenvalue weighted by Crippen LogP contribution is 2.23. The molecule has 1 saturated heterocycles. The lowest BCUT2D eigenvalue weighted by atomic mass is 10.1. The molecule has 2 aromatic carbocycles. The van der Waals surface area contributed by atoms with Crippen molar-refractivity contribution in [1.29, 1.82) is 0 Å². The molecule has 3 aromatic rings. The highest BCUT2D eigenvalue weighted by molar-refractivity contribution is 6.01. The van der Waals surface area contributed by atoms with E-state index in [9.17, 15) is 14.4 Å². The standard InChI is InChI=1S/C23H20N2O5/c1-15-21(24-22(30-15)16-7-3-2-4-8-16)23(28)29-14-19(26)17-9-5-10-18(13-17)25-12-6-11-20(25)27/h2-5,7-10,13H,6,11-12,14H2,1H3. The Kier molecular flexibility index (Phi) is 5.43. The molecule has 4 rings (SSSR count). The molecule has 2 heterocycles. The van der Waals surface area contributed by atoms with Gasteiger partial charge in [-0.3, -0.25) is 9.59 Å². The molecule has 1 amide bonds. The zero-order chi connectivity index (χ0) is 21.1. The number of anilines is 1. The van der Waals surface area contributed by atoms with Gasteiger partial charge < -0.3 is 14.1 Å². The molecule has 0 N–H and O–H groups in total. The second-order valence-corrected chi connectivity index (χ2v) is 6.99. The Morgan fingerprint density at radius 1 is 1.13 bits per heavy atom. The van der Waals surface area contributed by atoms with Crippen molar-refractivity contribution in [2.24, 2.45) is 0 Å². The van der Waals surface area contributed by atoms with Crippen molar-refractivity contribution in [3.63, 3.8) is 0 Å². The second kappa shape index (κ2) is 8.32. The molecule has 1 aliphatic heterocycles. The Labute approximate surface area is 173 Å². The molecule has 7 heteroatoms. The molecular weight excluding hydrogens is 384 g/mol. The maximum Gasteiger partial charge on any atom is 0.361 e. The zero-order valence-electron chi connectivity index (χ0n) is 16.5. The lowest BCUT2D eigenvalue weighted by Crippen LogP contribution is -2.24. The number of hydrogen-bond acceptors (Lipinski definition) is 6. The number of hydrogen-bond donors (Lipinski definition) is 0. The molecule has 1 fully saturated rings. The van der Waals surface area contributed by atoms with Gasteiger partial charge in [0, 0.05) is 29.8 Å². The molecule has 0 spiro atoms. The molecule has 1 aromatic heterocycles. The minimum atomic E-state index is -0.724. The second-order valence-electron chi connectivity index (χ2n) is 6.99. The molecule has 0 aliphatic carbocycles. The van der Waals surface area contributed by atoms with Crippen LogP contribution in [0.2, 0.25) is 0 Å². The number of benzene rings is 2. The number of aromatic nitrogens is 1. The van der Waals surface area contributed by atoms with E-state index in [1.54, 1.807) is 36.1 Å². The van der Waals surface area contributed by atoms with E-state index in [1.807, 2.05) is 30.3 Å². The number of nitrogens with zero attached hydrogens (tertiary/aromatic N) is 2. The molecule has 0 atom stereocenters. The summed E-state index contributed by atoms with van der Waals surface area (Å²) in [5.41, 5.74) is 1.83. The first-order valence-electron chi connectivity index (χ1n) is 9.66. The monoisotopic (exact) mass is 404 g/mol. The van der Waals surface area contributed by atoms with Crippen molar-refractivity contribution in [3.8, 4) is 11.5 Å². The van der Waals surface area contributed by atoms with Gasteiger partial charge in [-0.15, -0.1) is 0 Å². The summed E-state index contributed by atoms with van der Waals surface area (Å²) in [6.45, 7) is 1.83. The van der Waals surface area contributed by atoms with Gasteiger partial charge in [-0.25, -0.2) is 9.78 Å². The summed E-state index contributed by atoms with van der Waals surface area (Å²) in [5, 5.41) is 0. The van der Waals surface area contributed by atoms with Crippen molar-refractivity contribution < 1.29 is 23.5 Å². The van der Waals surface area contributed by atoms with Gasteiger partial charge in [0.1, 0.15) is 5.76 Å². The summed E-state index contributed by atoms with van der Waals surface area (Å²) in [7, 11) is 0. The minimum Gasteiger partial charge on any atom is -0.452 e. The summed E-state index contributed by atoms with van der Waals surface area (Å²) in [6, 6.07) is 16.0. The zero-order valence-corrected chi connectivity index (χ0v) is 16.5. The Morgan fingerprint density at radius 3 is 2.67 bits per heavy atom. The third kappa shape index (κ3) is 4.00. The Balaban J connectivity index is 1.43. The van der Waals surface area contributed by atoms with E-state index in [1.165, 1.54) is 0 Å². The number of carbonyl (C=O) groups is 3. The topological polar surface area (TPSA) is 89.7 Å². The van der Waals surface area contributed by atoms with Gasteiger partial charge in [-0.1, -0.05) is 30.3 Å². The first kappa shape index (κ1) is 19.6. The third-order valence-corrected chi connectivity index (χ3v) is 4.90. The molecule has 1 aliphatic rings. The van der Waals surface area contributed by atoms with Gasteiger partial charge in [-0.2, -0.15) is 0 Å². The number of ketones is 1. The number of oxazole rings is 1. The fraction of sp³-hybridized carbons (Fsp3) is 0.217. The number of amides is 1. The summed E-state index contributed by atoms with van der Waals surface area (Å²) in [6.07, 6.45) is 1.31. The van der Waals surface area contributed by atoms with Crippen LogP contribution in [0.1, 0.15) is 39.4 Å². The average Bonchev–Trinajstić information content (AvgIpc) is 3.38. The van der Waals surface area contributed by atoms with Crippen molar-refractivity contribution in [2.75, 3.05) is 18.1 Å². The van der Waals surface area contributed by atoms with Crippen LogP contribution in [-0.4, -0.2) is 35.8 Å². The van der Waals surface area contributed by atoms with Crippen LogP contribution in [0.25, 0.3) is 11.5 Å². The molecule has 0 unspecified atom stereocenters. The van der Waals surface area contributed by atoms with Crippen LogP contribution in [-0.2, 0) is 9.53 Å². The van der Waals surface area contributed by atoms with E-state index in [0.717, 1.165) is 12.0 Å². The Bertz CT molecular complexity index is 1100. The van der Waals surface area contributed by atoms with E-state index >= 15 is 0 Å². The largest absolute Gasteiger partial charge is 0.452 e. The number of ether oxygens (including phenoxy) is 1. The maximum atomic E-state index is 12.5. The molecule has 0 bridgehead atoms. The normalized spacial score (nSPS) is 13.5. The number of rotatable bonds is 6. The molecule has 152 valence electrons. The van der Waals surface area contributed by atoms with Crippen LogP contribution in [0.15, 0.2) is 59.0 Å². The molecule has 30 heavy (non-hydrogen) atoms. The van der Waals surface area contributed by atoms with E-state index in [-0.39, 0.29) is 17.4 Å². The quantitative estimate of drug-likeness (QED) is 0.458. The van der Waals surface area contributed by atoms with Crippen molar-refractivity contribution >= 4 is 23.3 Å². The minimum absolute atomic E-state index is 0.0399. The van der Waals surface area contributed by atoms with Crippen LogP contribution >= 0.6 is 0 Å². The van der Waals surface area contributed by atoms with Crippen LogP contribution in [0.4, 0.5) is 5.69 Å². The number of esters is 1. The third-order valence-electron chi connectivity index (χ3n) is 4.90. The lowest BCUT2D eigenvalue weighted by Gasteiger charge is -2.16. The summed E-state index contributed by atoms with van der Waals surface area (Å²) in [4.78, 5) is 42.7. The first-order valence-corrected chi connectivity index (χ1v) is 9.66. The van der Waals surface area contributed by atoms with Gasteiger partial charge in [-0.05, 0) is 37.6 Å². The van der Waals surface area contributed by atoms with Crippen LogP contribution in [0.5, 0.6) is 0 Å². The molecular formula is C23H20N2O5. The summed E-state index contributed by atoms with van der Waals surface area (Å²) < 4.78 is 10.7. The van der Waals surface area contributed by atoms with Crippen LogP contribution in [0.3, 0.4) is 0 Å². The average molecular weight is 404 g/mol. The van der Waals surface area contributed by atoms with E-state index in [4.69, 9.17) is 9.15 Å². The van der Waals surface area contributed by atoms with E-state index in [0.29, 0.717) is 35.9 Å². The highest BCUT2D eigenvalue weighted by atomic mass is 16.5. The fourth-order valence-corrected chi connectivity index (χ4v) is 3.34. The van der Waals surface area contributed by atoms with E-state index < -0.39 is 12.6 Å². The van der Waals surface area contributed by atoms with Gasteiger partial charge in [0.05, 0.1) is 0 Å². The summed E-state index contributed by atoms with van der Waals surface area (Å²) in [5.74, 6) is -0.407. The number of aryl methyl sites for hydroxylation is 1. The van der Waals surface area contributed by atoms with Crippen LogP contribution < -0.4 is 4.90 Å². The number of Topliss-reactive ketones (excluding diaryl/α,β-unsaturated/α-hetero) is 1. The lowest BCUT2D eigenvalue weighted by molar-refractivity contribution is -0.117. The molecule has 0 saturated carbocycles.